The van der Waals surface area contributed by atoms with Crippen molar-refractivity contribution >= 4 is 27.9 Å². The topological polar surface area (TPSA) is 72.8 Å². The molecule has 1 aliphatic heterocycles. The Kier molecular flexibility index (Phi) is 5.36. The van der Waals surface area contributed by atoms with Crippen LogP contribution in [0.25, 0.3) is 0 Å². The molecule has 0 spiro atoms. The lowest BCUT2D eigenvalue weighted by molar-refractivity contribution is -0.209. The molecule has 5 rings (SSSR count). The molecular formula is C25H35BrO5. The Hall–Kier alpha value is -0.880. The summed E-state index contributed by atoms with van der Waals surface area (Å²) in [4.78, 5) is 23.5. The highest BCUT2D eigenvalue weighted by Gasteiger charge is 2.67. The zero-order valence-electron chi connectivity index (χ0n) is 18.7. The minimum atomic E-state index is -0.666. The molecule has 5 aliphatic rings. The molecule has 4 fully saturated rings. The van der Waals surface area contributed by atoms with Crippen LogP contribution in [0.2, 0.25) is 0 Å². The highest BCUT2D eigenvalue weighted by atomic mass is 79.9. The van der Waals surface area contributed by atoms with Gasteiger partial charge in [0, 0.05) is 11.5 Å². The molecule has 5 nitrogen and oxygen atoms in total. The predicted octanol–water partition coefficient (Wildman–Crippen LogP) is 4.55. The van der Waals surface area contributed by atoms with Crippen molar-refractivity contribution in [3.63, 3.8) is 0 Å². The van der Waals surface area contributed by atoms with Crippen molar-refractivity contribution < 1.29 is 24.2 Å². The molecule has 0 amide bonds. The lowest BCUT2D eigenvalue weighted by Gasteiger charge is -2.63. The molecule has 1 N–H and O–H groups in total. The van der Waals surface area contributed by atoms with Crippen LogP contribution in [0.1, 0.15) is 71.6 Å². The van der Waals surface area contributed by atoms with Crippen molar-refractivity contribution in [1.82, 2.24) is 0 Å². The molecule has 0 aromatic carbocycles. The molecule has 0 bridgehead atoms. The van der Waals surface area contributed by atoms with Gasteiger partial charge in [0.2, 0.25) is 0 Å². The summed E-state index contributed by atoms with van der Waals surface area (Å²) in [5.41, 5.74) is 0.456. The summed E-state index contributed by atoms with van der Waals surface area (Å²) in [5, 5.41) is 12.5. The van der Waals surface area contributed by atoms with Gasteiger partial charge in [-0.05, 0) is 92.4 Å². The maximum absolute atomic E-state index is 12.2. The highest BCUT2D eigenvalue weighted by Crippen LogP contribution is 2.70. The third-order valence-corrected chi connectivity index (χ3v) is 10.8. The SMILES string of the molecule is C[C@]12CC[C@H](OC(=O)CBr)C[C@H]1CC[C@@H]1[C@@H]2CC[C@]2(C)[C@@H](C3=CC(=O)OC3)CCC12O. The van der Waals surface area contributed by atoms with Crippen LogP contribution in [0.3, 0.4) is 0 Å². The Morgan fingerprint density at radius 1 is 1.16 bits per heavy atom. The summed E-state index contributed by atoms with van der Waals surface area (Å²) < 4.78 is 10.9. The lowest BCUT2D eigenvalue weighted by Crippen LogP contribution is -2.62. The summed E-state index contributed by atoms with van der Waals surface area (Å²) in [6.07, 6.45) is 10.8. The lowest BCUT2D eigenvalue weighted by atomic mass is 9.43. The minimum Gasteiger partial charge on any atom is -0.462 e. The Bertz CT molecular complexity index is 810. The average Bonchev–Trinajstić information content (AvgIpc) is 3.28. The molecule has 0 radical (unpaired) electrons. The number of rotatable bonds is 3. The molecule has 8 atom stereocenters. The second kappa shape index (κ2) is 7.58. The summed E-state index contributed by atoms with van der Waals surface area (Å²) in [6, 6.07) is 0. The van der Waals surface area contributed by atoms with E-state index in [0.717, 1.165) is 63.4 Å². The van der Waals surface area contributed by atoms with Crippen molar-refractivity contribution in [2.24, 2.45) is 34.5 Å². The summed E-state index contributed by atoms with van der Waals surface area (Å²) in [6.45, 7) is 5.12. The molecule has 31 heavy (non-hydrogen) atoms. The van der Waals surface area contributed by atoms with Crippen LogP contribution in [-0.4, -0.2) is 40.7 Å². The summed E-state index contributed by atoms with van der Waals surface area (Å²) in [5.74, 6) is 1.25. The number of carbonyl (C=O) groups is 2. The standard InChI is InChI=1S/C25H35BrO5/c1-23-8-5-17(31-22(28)13-26)12-16(23)3-4-20-19(23)6-9-24(2)18(7-10-25(20,24)29)15-11-21(27)30-14-15/h11,16-20,29H,3-10,12-14H2,1-2H3/t16-,17+,18-,19+,20-,23+,24-,25?/m1/s1. The van der Waals surface area contributed by atoms with Crippen LogP contribution < -0.4 is 0 Å². The van der Waals surface area contributed by atoms with Crippen LogP contribution >= 0.6 is 15.9 Å². The maximum atomic E-state index is 12.2. The van der Waals surface area contributed by atoms with E-state index in [2.05, 4.69) is 29.8 Å². The van der Waals surface area contributed by atoms with Gasteiger partial charge in [-0.1, -0.05) is 29.8 Å². The van der Waals surface area contributed by atoms with Crippen LogP contribution in [0.4, 0.5) is 0 Å². The summed E-state index contributed by atoms with van der Waals surface area (Å²) in [7, 11) is 0. The predicted molar refractivity (Wildman–Crippen MR) is 119 cm³/mol. The highest BCUT2D eigenvalue weighted by molar-refractivity contribution is 9.09. The van der Waals surface area contributed by atoms with E-state index < -0.39 is 5.60 Å². The van der Waals surface area contributed by atoms with Crippen LogP contribution in [0, 0.1) is 34.5 Å². The van der Waals surface area contributed by atoms with Gasteiger partial charge in [-0.25, -0.2) is 4.79 Å². The largest absolute Gasteiger partial charge is 0.462 e. The maximum Gasteiger partial charge on any atom is 0.331 e. The van der Waals surface area contributed by atoms with Gasteiger partial charge >= 0.3 is 11.9 Å². The van der Waals surface area contributed by atoms with Crippen LogP contribution in [0.5, 0.6) is 0 Å². The second-order valence-corrected chi connectivity index (χ2v) is 11.9. The number of ether oxygens (including phenoxy) is 2. The molecule has 6 heteroatoms. The number of esters is 2. The third kappa shape index (κ3) is 3.18. The fraction of sp³-hybridized carbons (Fsp3) is 0.840. The fourth-order valence-corrected chi connectivity index (χ4v) is 8.83. The number of halogens is 1. The number of cyclic esters (lactones) is 1. The van der Waals surface area contributed by atoms with Crippen LogP contribution in [0.15, 0.2) is 11.6 Å². The third-order valence-electron chi connectivity index (χ3n) is 10.3. The van der Waals surface area contributed by atoms with Gasteiger partial charge in [0.1, 0.15) is 18.0 Å². The molecule has 4 saturated carbocycles. The number of alkyl halides is 1. The number of hydrogen-bond acceptors (Lipinski definition) is 5. The van der Waals surface area contributed by atoms with Gasteiger partial charge in [-0.2, -0.15) is 0 Å². The van der Waals surface area contributed by atoms with Gasteiger partial charge in [0.05, 0.1) is 5.60 Å². The number of fused-ring (bicyclic) bond motifs is 5. The van der Waals surface area contributed by atoms with E-state index in [1.807, 2.05) is 0 Å². The Morgan fingerprint density at radius 2 is 1.97 bits per heavy atom. The normalized spacial score (nSPS) is 48.8. The van der Waals surface area contributed by atoms with Crippen molar-refractivity contribution in [2.75, 3.05) is 11.9 Å². The van der Waals surface area contributed by atoms with E-state index in [0.29, 0.717) is 24.4 Å². The fourth-order valence-electron chi connectivity index (χ4n) is 8.69. The molecule has 1 heterocycles. The molecule has 172 valence electrons. The monoisotopic (exact) mass is 494 g/mol. The van der Waals surface area contributed by atoms with Crippen LogP contribution in [-0.2, 0) is 19.1 Å². The Balaban J connectivity index is 1.37. The first-order valence-corrected chi connectivity index (χ1v) is 13.2. The minimum absolute atomic E-state index is 0.0410. The molecule has 0 aromatic heterocycles. The Morgan fingerprint density at radius 3 is 2.68 bits per heavy atom. The van der Waals surface area contributed by atoms with E-state index in [1.165, 1.54) is 0 Å². The van der Waals surface area contributed by atoms with Gasteiger partial charge in [-0.15, -0.1) is 0 Å². The number of hydrogen-bond donors (Lipinski definition) is 1. The molecule has 4 aliphatic carbocycles. The molecule has 1 unspecified atom stereocenters. The smallest absolute Gasteiger partial charge is 0.331 e. The number of aliphatic hydroxyl groups is 1. The van der Waals surface area contributed by atoms with Gasteiger partial charge in [0.25, 0.3) is 0 Å². The van der Waals surface area contributed by atoms with Crippen molar-refractivity contribution in [3.8, 4) is 0 Å². The van der Waals surface area contributed by atoms with E-state index in [-0.39, 0.29) is 40.1 Å². The molecule has 0 aromatic rings. The zero-order chi connectivity index (χ0) is 22.0. The average molecular weight is 495 g/mol. The van der Waals surface area contributed by atoms with E-state index in [1.54, 1.807) is 6.08 Å². The first kappa shape index (κ1) is 21.9. The van der Waals surface area contributed by atoms with Gasteiger partial charge in [0.15, 0.2) is 0 Å². The van der Waals surface area contributed by atoms with Crippen molar-refractivity contribution in [1.29, 1.82) is 0 Å². The van der Waals surface area contributed by atoms with Gasteiger partial charge in [-0.3, -0.25) is 4.79 Å². The van der Waals surface area contributed by atoms with Gasteiger partial charge < -0.3 is 14.6 Å². The first-order valence-electron chi connectivity index (χ1n) is 12.1. The molecule has 0 saturated heterocycles. The molecular weight excluding hydrogens is 460 g/mol. The second-order valence-electron chi connectivity index (χ2n) is 11.3. The van der Waals surface area contributed by atoms with E-state index in [4.69, 9.17) is 9.47 Å². The van der Waals surface area contributed by atoms with E-state index in [9.17, 15) is 14.7 Å². The quantitative estimate of drug-likeness (QED) is 0.460. The van der Waals surface area contributed by atoms with Crippen molar-refractivity contribution in [2.45, 2.75) is 83.3 Å². The Labute approximate surface area is 193 Å². The van der Waals surface area contributed by atoms with E-state index >= 15 is 0 Å². The summed E-state index contributed by atoms with van der Waals surface area (Å²) >= 11 is 3.20. The zero-order valence-corrected chi connectivity index (χ0v) is 20.3. The first-order chi connectivity index (χ1) is 14.7. The van der Waals surface area contributed by atoms with Crippen molar-refractivity contribution in [3.05, 3.63) is 11.6 Å². The number of carbonyl (C=O) groups excluding carboxylic acids is 2.